The van der Waals surface area contributed by atoms with E-state index in [0.717, 1.165) is 46.8 Å². The van der Waals surface area contributed by atoms with Crippen LogP contribution < -0.4 is 10.6 Å². The number of carbonyl (C=O) groups is 1. The van der Waals surface area contributed by atoms with Crippen molar-refractivity contribution < 1.29 is 4.79 Å². The summed E-state index contributed by atoms with van der Waals surface area (Å²) in [4.78, 5) is 27.3. The summed E-state index contributed by atoms with van der Waals surface area (Å²) in [6.07, 6.45) is 9.52. The number of pyridine rings is 1. The first kappa shape index (κ1) is 20.6. The first-order valence-electron chi connectivity index (χ1n) is 11.2. The summed E-state index contributed by atoms with van der Waals surface area (Å²) < 4.78 is 2.05. The van der Waals surface area contributed by atoms with Crippen LogP contribution in [-0.2, 0) is 6.54 Å². The van der Waals surface area contributed by atoms with Gasteiger partial charge in [0.05, 0.1) is 24.1 Å². The van der Waals surface area contributed by atoms with Gasteiger partial charge in [0, 0.05) is 46.2 Å². The Hall–Kier alpha value is -4.04. The molecular weight excluding hydrogens is 444 g/mol. The van der Waals surface area contributed by atoms with E-state index in [1.54, 1.807) is 23.7 Å². The molecule has 1 amide bonds. The predicted molar refractivity (Wildman–Crippen MR) is 134 cm³/mol. The Kier molecular flexibility index (Phi) is 5.27. The van der Waals surface area contributed by atoms with E-state index in [2.05, 4.69) is 36.4 Å². The number of amides is 1. The number of benzene rings is 1. The molecule has 1 aliphatic rings. The number of rotatable bonds is 7. The summed E-state index contributed by atoms with van der Waals surface area (Å²) in [6.45, 7) is 0.674. The van der Waals surface area contributed by atoms with E-state index in [0.29, 0.717) is 18.2 Å². The molecule has 4 heterocycles. The predicted octanol–water partition coefficient (Wildman–Crippen LogP) is 5.02. The van der Waals surface area contributed by atoms with Crippen molar-refractivity contribution in [1.29, 1.82) is 0 Å². The second-order valence-electron chi connectivity index (χ2n) is 8.31. The highest BCUT2D eigenvalue weighted by Gasteiger charge is 2.23. The van der Waals surface area contributed by atoms with E-state index < -0.39 is 0 Å². The summed E-state index contributed by atoms with van der Waals surface area (Å²) >= 11 is 1.70. The molecule has 0 atom stereocenters. The van der Waals surface area contributed by atoms with Gasteiger partial charge in [0.25, 0.3) is 5.91 Å². The second kappa shape index (κ2) is 8.72. The Morgan fingerprint density at radius 3 is 2.62 bits per heavy atom. The monoisotopic (exact) mass is 466 g/mol. The molecule has 6 rings (SSSR count). The first-order chi connectivity index (χ1) is 16.7. The van der Waals surface area contributed by atoms with E-state index >= 15 is 0 Å². The molecule has 5 aromatic rings. The number of aromatic nitrogens is 4. The fourth-order valence-corrected chi connectivity index (χ4v) is 4.50. The van der Waals surface area contributed by atoms with Crippen molar-refractivity contribution in [3.05, 3.63) is 89.1 Å². The van der Waals surface area contributed by atoms with Gasteiger partial charge in [-0.1, -0.05) is 18.2 Å². The molecule has 0 spiro atoms. The Bertz CT molecular complexity index is 1440. The second-order valence-corrected chi connectivity index (χ2v) is 9.34. The van der Waals surface area contributed by atoms with Crippen LogP contribution >= 0.6 is 11.3 Å². The molecule has 0 saturated heterocycles. The van der Waals surface area contributed by atoms with Gasteiger partial charge in [-0.05, 0) is 48.6 Å². The maximum Gasteiger partial charge on any atom is 0.251 e. The van der Waals surface area contributed by atoms with Crippen LogP contribution in [0, 0.1) is 0 Å². The van der Waals surface area contributed by atoms with E-state index in [-0.39, 0.29) is 5.91 Å². The van der Waals surface area contributed by atoms with E-state index in [9.17, 15) is 4.79 Å². The number of nitrogens with zero attached hydrogens (tertiary/aromatic N) is 4. The van der Waals surface area contributed by atoms with Crippen molar-refractivity contribution in [2.24, 2.45) is 0 Å². The van der Waals surface area contributed by atoms with Crippen molar-refractivity contribution in [3.8, 4) is 22.5 Å². The number of fused-ring (bicyclic) bond motifs is 1. The van der Waals surface area contributed by atoms with Crippen LogP contribution in [0.5, 0.6) is 0 Å². The minimum Gasteiger partial charge on any atom is -0.362 e. The molecule has 0 bridgehead atoms. The highest BCUT2D eigenvalue weighted by molar-refractivity contribution is 7.09. The normalized spacial score (nSPS) is 13.2. The van der Waals surface area contributed by atoms with Gasteiger partial charge in [-0.2, -0.15) is 0 Å². The third kappa shape index (κ3) is 4.15. The lowest BCUT2D eigenvalue weighted by molar-refractivity contribution is 0.0951. The van der Waals surface area contributed by atoms with Gasteiger partial charge in [0.1, 0.15) is 0 Å². The highest BCUT2D eigenvalue weighted by Crippen LogP contribution is 2.28. The Labute approximate surface area is 200 Å². The molecule has 1 aliphatic carbocycles. The Morgan fingerprint density at radius 1 is 1.06 bits per heavy atom. The third-order valence-corrected chi connectivity index (χ3v) is 6.71. The van der Waals surface area contributed by atoms with E-state index in [1.165, 1.54) is 4.88 Å². The minimum absolute atomic E-state index is 0.0172. The molecule has 0 unspecified atom stereocenters. The minimum atomic E-state index is -0.0172. The van der Waals surface area contributed by atoms with Crippen molar-refractivity contribution in [1.82, 2.24) is 24.7 Å². The van der Waals surface area contributed by atoms with Crippen molar-refractivity contribution in [2.75, 3.05) is 5.32 Å². The molecule has 1 fully saturated rings. The molecular formula is C26H22N6OS. The standard InChI is InChI=1S/C26H22N6OS/c33-26(30-20-7-8-20)19-5-3-18(4-6-19)23-15-29-25-24(28-14-21-2-1-13-34-21)31-22(16-32(23)25)17-9-11-27-12-10-17/h1-6,9-13,15-16,20H,7-8,14H2,(H,28,31)(H,30,33). The van der Waals surface area contributed by atoms with Gasteiger partial charge in [-0.3, -0.25) is 14.2 Å². The maximum absolute atomic E-state index is 12.4. The van der Waals surface area contributed by atoms with Crippen LogP contribution in [-0.4, -0.2) is 31.3 Å². The number of anilines is 1. The fourth-order valence-electron chi connectivity index (χ4n) is 3.86. The van der Waals surface area contributed by atoms with Crippen molar-refractivity contribution in [3.63, 3.8) is 0 Å². The molecule has 168 valence electrons. The summed E-state index contributed by atoms with van der Waals surface area (Å²) in [7, 11) is 0. The summed E-state index contributed by atoms with van der Waals surface area (Å²) in [5.74, 6) is 0.700. The lowest BCUT2D eigenvalue weighted by Gasteiger charge is -2.11. The van der Waals surface area contributed by atoms with Crippen molar-refractivity contribution in [2.45, 2.75) is 25.4 Å². The Balaban J connectivity index is 1.38. The molecule has 4 aromatic heterocycles. The van der Waals surface area contributed by atoms with E-state index in [4.69, 9.17) is 4.98 Å². The average molecular weight is 467 g/mol. The first-order valence-corrected chi connectivity index (χ1v) is 12.1. The Morgan fingerprint density at radius 2 is 1.88 bits per heavy atom. The third-order valence-electron chi connectivity index (χ3n) is 5.83. The summed E-state index contributed by atoms with van der Waals surface area (Å²) in [6, 6.07) is 16.0. The van der Waals surface area contributed by atoms with E-state index in [1.807, 2.05) is 54.9 Å². The van der Waals surface area contributed by atoms with Crippen LogP contribution in [0.3, 0.4) is 0 Å². The summed E-state index contributed by atoms with van der Waals surface area (Å²) in [5.41, 5.74) is 5.13. The van der Waals surface area contributed by atoms with Crippen LogP contribution in [0.4, 0.5) is 5.82 Å². The molecule has 0 aliphatic heterocycles. The van der Waals surface area contributed by atoms with Gasteiger partial charge in [0.15, 0.2) is 11.5 Å². The molecule has 0 radical (unpaired) electrons. The zero-order valence-corrected chi connectivity index (χ0v) is 19.1. The molecule has 2 N–H and O–H groups in total. The molecule has 1 aromatic carbocycles. The highest BCUT2D eigenvalue weighted by atomic mass is 32.1. The molecule has 8 heteroatoms. The van der Waals surface area contributed by atoms with Gasteiger partial charge >= 0.3 is 0 Å². The van der Waals surface area contributed by atoms with Crippen LogP contribution in [0.25, 0.3) is 28.2 Å². The molecule has 1 saturated carbocycles. The smallest absolute Gasteiger partial charge is 0.251 e. The van der Waals surface area contributed by atoms with Crippen molar-refractivity contribution >= 4 is 28.7 Å². The average Bonchev–Trinajstić information content (AvgIpc) is 3.35. The molecule has 7 nitrogen and oxygen atoms in total. The largest absolute Gasteiger partial charge is 0.362 e. The maximum atomic E-state index is 12.4. The number of thiophene rings is 1. The number of carbonyl (C=O) groups excluding carboxylic acids is 1. The van der Waals surface area contributed by atoms with Gasteiger partial charge in [-0.15, -0.1) is 11.3 Å². The topological polar surface area (TPSA) is 84.2 Å². The quantitative estimate of drug-likeness (QED) is 0.352. The van der Waals surface area contributed by atoms with Gasteiger partial charge < -0.3 is 10.6 Å². The SMILES string of the molecule is O=C(NC1CC1)c1ccc(-c2cnc3c(NCc4cccs4)nc(-c4ccncc4)cn23)cc1. The van der Waals surface area contributed by atoms with Gasteiger partial charge in [0.2, 0.25) is 0 Å². The number of hydrogen-bond donors (Lipinski definition) is 2. The molecule has 34 heavy (non-hydrogen) atoms. The lowest BCUT2D eigenvalue weighted by atomic mass is 10.1. The van der Waals surface area contributed by atoms with Crippen LogP contribution in [0.1, 0.15) is 28.1 Å². The lowest BCUT2D eigenvalue weighted by Crippen LogP contribution is -2.25. The number of imidazole rings is 1. The fraction of sp³-hybridized carbons (Fsp3) is 0.154. The number of nitrogens with one attached hydrogen (secondary N) is 2. The zero-order chi connectivity index (χ0) is 22.9. The zero-order valence-electron chi connectivity index (χ0n) is 18.3. The van der Waals surface area contributed by atoms with Crippen LogP contribution in [0.2, 0.25) is 0 Å². The number of hydrogen-bond acceptors (Lipinski definition) is 6. The van der Waals surface area contributed by atoms with Gasteiger partial charge in [-0.25, -0.2) is 9.97 Å². The summed E-state index contributed by atoms with van der Waals surface area (Å²) in [5, 5.41) is 8.56. The van der Waals surface area contributed by atoms with Crippen LogP contribution in [0.15, 0.2) is 78.7 Å².